The minimum atomic E-state index is -1.55. The topological polar surface area (TPSA) is 180 Å². The molecule has 0 aliphatic heterocycles. The van der Waals surface area contributed by atoms with Crippen molar-refractivity contribution in [3.8, 4) is 5.75 Å². The van der Waals surface area contributed by atoms with E-state index in [0.29, 0.717) is 11.1 Å². The minimum absolute atomic E-state index is 0.101. The van der Waals surface area contributed by atoms with Crippen LogP contribution in [0.5, 0.6) is 5.75 Å². The van der Waals surface area contributed by atoms with E-state index in [2.05, 4.69) is 5.32 Å². The minimum Gasteiger partial charge on any atom is -0.481 e. The van der Waals surface area contributed by atoms with E-state index in [0.717, 1.165) is 0 Å². The summed E-state index contributed by atoms with van der Waals surface area (Å²) < 4.78 is 5.26. The SMILES string of the molecule is C/C(=C\c1ccc(C(=O)Oc2ccc(C(=N)N)cc2)cc1)C(=O)N[C@@H](CC(=O)O)C(=O)O. The van der Waals surface area contributed by atoms with Crippen molar-refractivity contribution in [2.24, 2.45) is 5.73 Å². The van der Waals surface area contributed by atoms with Gasteiger partial charge >= 0.3 is 17.9 Å². The van der Waals surface area contributed by atoms with Gasteiger partial charge in [0, 0.05) is 11.1 Å². The standard InChI is InChI=1S/C22H21N3O7/c1-12(20(28)25-17(21(29)30)11-18(26)27)10-13-2-4-15(5-3-13)22(31)32-16-8-6-14(7-9-16)19(23)24/h2-10,17H,11H2,1H3,(H3,23,24)(H,25,28)(H,26,27)(H,29,30)/b12-10+/t17-/m0/s1. The molecule has 0 aliphatic rings. The number of rotatable bonds is 9. The first-order chi connectivity index (χ1) is 15.1. The number of carboxylic acids is 2. The maximum atomic E-state index is 12.3. The van der Waals surface area contributed by atoms with Gasteiger partial charge in [-0.2, -0.15) is 0 Å². The van der Waals surface area contributed by atoms with Gasteiger partial charge in [-0.15, -0.1) is 0 Å². The van der Waals surface area contributed by atoms with E-state index in [1.807, 2.05) is 0 Å². The highest BCUT2D eigenvalue weighted by molar-refractivity contribution is 6.00. The number of hydrogen-bond donors (Lipinski definition) is 5. The molecule has 32 heavy (non-hydrogen) atoms. The monoisotopic (exact) mass is 439 g/mol. The first kappa shape index (κ1) is 23.8. The van der Waals surface area contributed by atoms with E-state index in [-0.39, 0.29) is 22.7 Å². The summed E-state index contributed by atoms with van der Waals surface area (Å²) in [6.07, 6.45) is 0.716. The largest absolute Gasteiger partial charge is 0.481 e. The van der Waals surface area contributed by atoms with Crippen LogP contribution in [-0.2, 0) is 14.4 Å². The van der Waals surface area contributed by atoms with Gasteiger partial charge in [0.2, 0.25) is 5.91 Å². The van der Waals surface area contributed by atoms with Crippen molar-refractivity contribution in [3.63, 3.8) is 0 Å². The third kappa shape index (κ3) is 6.80. The van der Waals surface area contributed by atoms with Gasteiger partial charge in [0.25, 0.3) is 0 Å². The number of nitrogens with two attached hydrogens (primary N) is 1. The van der Waals surface area contributed by atoms with Crippen LogP contribution >= 0.6 is 0 Å². The Balaban J connectivity index is 2.03. The van der Waals surface area contributed by atoms with Gasteiger partial charge in [-0.1, -0.05) is 12.1 Å². The molecule has 0 spiro atoms. The Labute approximate surface area is 182 Å². The van der Waals surface area contributed by atoms with Crippen LogP contribution in [0.3, 0.4) is 0 Å². The summed E-state index contributed by atoms with van der Waals surface area (Å²) in [5.41, 5.74) is 6.85. The van der Waals surface area contributed by atoms with Crippen molar-refractivity contribution in [2.45, 2.75) is 19.4 Å². The predicted octanol–water partition coefficient (Wildman–Crippen LogP) is 1.64. The van der Waals surface area contributed by atoms with Crippen LogP contribution in [0.25, 0.3) is 6.08 Å². The summed E-state index contributed by atoms with van der Waals surface area (Å²) in [5, 5.41) is 27.2. The zero-order chi connectivity index (χ0) is 23.8. The first-order valence-corrected chi connectivity index (χ1v) is 9.27. The number of carbonyl (C=O) groups is 4. The number of carboxylic acid groups (broad SMARTS) is 2. The lowest BCUT2D eigenvalue weighted by molar-refractivity contribution is -0.146. The molecule has 10 nitrogen and oxygen atoms in total. The van der Waals surface area contributed by atoms with Crippen molar-refractivity contribution in [1.82, 2.24) is 5.32 Å². The van der Waals surface area contributed by atoms with E-state index >= 15 is 0 Å². The summed E-state index contributed by atoms with van der Waals surface area (Å²) in [5.74, 6) is -3.95. The molecule has 2 aromatic rings. The van der Waals surface area contributed by atoms with Crippen LogP contribution in [0, 0.1) is 5.41 Å². The number of nitrogens with one attached hydrogen (secondary N) is 2. The molecule has 166 valence electrons. The second-order valence-electron chi connectivity index (χ2n) is 6.74. The summed E-state index contributed by atoms with van der Waals surface area (Å²) in [6, 6.07) is 10.7. The zero-order valence-electron chi connectivity index (χ0n) is 17.0. The second-order valence-corrected chi connectivity index (χ2v) is 6.74. The Morgan fingerprint density at radius 2 is 1.59 bits per heavy atom. The fourth-order valence-corrected chi connectivity index (χ4v) is 2.55. The Hall–Kier alpha value is -4.47. The number of benzene rings is 2. The molecule has 0 saturated heterocycles. The van der Waals surface area contributed by atoms with Crippen LogP contribution in [-0.4, -0.2) is 45.9 Å². The van der Waals surface area contributed by atoms with Gasteiger partial charge in [0.05, 0.1) is 12.0 Å². The molecule has 0 bridgehead atoms. The highest BCUT2D eigenvalue weighted by atomic mass is 16.5. The molecule has 10 heteroatoms. The van der Waals surface area contributed by atoms with E-state index in [1.165, 1.54) is 37.3 Å². The van der Waals surface area contributed by atoms with Crippen LogP contribution in [0.15, 0.2) is 54.1 Å². The number of esters is 1. The number of amides is 1. The van der Waals surface area contributed by atoms with E-state index in [9.17, 15) is 19.2 Å². The number of aliphatic carboxylic acids is 2. The predicted molar refractivity (Wildman–Crippen MR) is 114 cm³/mol. The van der Waals surface area contributed by atoms with Gasteiger partial charge in [-0.3, -0.25) is 15.0 Å². The molecule has 0 aliphatic carbocycles. The summed E-state index contributed by atoms with van der Waals surface area (Å²) in [6.45, 7) is 1.45. The molecular formula is C22H21N3O7. The number of nitrogen functional groups attached to an aromatic ring is 1. The van der Waals surface area contributed by atoms with Crippen molar-refractivity contribution >= 4 is 35.7 Å². The molecule has 0 unspecified atom stereocenters. The van der Waals surface area contributed by atoms with E-state index in [4.69, 9.17) is 26.1 Å². The van der Waals surface area contributed by atoms with Crippen molar-refractivity contribution in [1.29, 1.82) is 5.41 Å². The van der Waals surface area contributed by atoms with Crippen LogP contribution < -0.4 is 15.8 Å². The van der Waals surface area contributed by atoms with Crippen LogP contribution in [0.2, 0.25) is 0 Å². The molecule has 1 amide bonds. The molecule has 2 aromatic carbocycles. The number of ether oxygens (including phenoxy) is 1. The Bertz CT molecular complexity index is 1070. The van der Waals surface area contributed by atoms with Crippen LogP contribution in [0.1, 0.15) is 34.8 Å². The number of amidine groups is 1. The molecule has 0 radical (unpaired) electrons. The Morgan fingerprint density at radius 3 is 2.09 bits per heavy atom. The Morgan fingerprint density at radius 1 is 1.03 bits per heavy atom. The van der Waals surface area contributed by atoms with Gasteiger partial charge in [-0.25, -0.2) is 9.59 Å². The lowest BCUT2D eigenvalue weighted by Gasteiger charge is -2.12. The normalized spacial score (nSPS) is 11.8. The van der Waals surface area contributed by atoms with Crippen molar-refractivity contribution in [3.05, 3.63) is 70.8 Å². The quantitative estimate of drug-likeness (QED) is 0.128. The average Bonchev–Trinajstić information content (AvgIpc) is 2.73. The maximum absolute atomic E-state index is 12.3. The Kier molecular flexibility index (Phi) is 7.83. The lowest BCUT2D eigenvalue weighted by atomic mass is 10.1. The van der Waals surface area contributed by atoms with Crippen LogP contribution in [0.4, 0.5) is 0 Å². The molecular weight excluding hydrogens is 418 g/mol. The fraction of sp³-hybridized carbons (Fsp3) is 0.136. The lowest BCUT2D eigenvalue weighted by Crippen LogP contribution is -2.42. The van der Waals surface area contributed by atoms with Gasteiger partial charge < -0.3 is 26.0 Å². The first-order valence-electron chi connectivity index (χ1n) is 9.27. The fourth-order valence-electron chi connectivity index (χ4n) is 2.55. The third-order valence-corrected chi connectivity index (χ3v) is 4.25. The molecule has 0 fully saturated rings. The summed E-state index contributed by atoms with van der Waals surface area (Å²) in [4.78, 5) is 46.2. The smallest absolute Gasteiger partial charge is 0.343 e. The van der Waals surface area contributed by atoms with Crippen molar-refractivity contribution < 1.29 is 34.1 Å². The zero-order valence-corrected chi connectivity index (χ0v) is 17.0. The summed E-state index contributed by atoms with van der Waals surface area (Å²) >= 11 is 0. The molecule has 0 heterocycles. The van der Waals surface area contributed by atoms with E-state index in [1.54, 1.807) is 24.3 Å². The molecule has 0 saturated carbocycles. The highest BCUT2D eigenvalue weighted by Gasteiger charge is 2.23. The maximum Gasteiger partial charge on any atom is 0.343 e. The molecule has 0 aromatic heterocycles. The average molecular weight is 439 g/mol. The molecule has 1 atom stereocenters. The molecule has 2 rings (SSSR count). The van der Waals surface area contributed by atoms with Gasteiger partial charge in [0.1, 0.15) is 17.6 Å². The third-order valence-electron chi connectivity index (χ3n) is 4.25. The number of hydrogen-bond acceptors (Lipinski definition) is 6. The summed E-state index contributed by atoms with van der Waals surface area (Å²) in [7, 11) is 0. The van der Waals surface area contributed by atoms with Crippen molar-refractivity contribution in [2.75, 3.05) is 0 Å². The van der Waals surface area contributed by atoms with Gasteiger partial charge in [-0.05, 0) is 55.0 Å². The van der Waals surface area contributed by atoms with Gasteiger partial charge in [0.15, 0.2) is 0 Å². The van der Waals surface area contributed by atoms with E-state index < -0.39 is 36.3 Å². The second kappa shape index (κ2) is 10.5. The molecule has 6 N–H and O–H groups in total. The number of carbonyl (C=O) groups excluding carboxylic acids is 2. The highest BCUT2D eigenvalue weighted by Crippen LogP contribution is 2.15.